The van der Waals surface area contributed by atoms with Crippen molar-refractivity contribution in [1.82, 2.24) is 0 Å². The van der Waals surface area contributed by atoms with Gasteiger partial charge in [-0.3, -0.25) is 0 Å². The largest absolute Gasteiger partial charge is 0.205 e. The van der Waals surface area contributed by atoms with Crippen LogP contribution in [0.3, 0.4) is 0 Å². The van der Waals surface area contributed by atoms with Crippen molar-refractivity contribution in [3.05, 3.63) is 52.8 Å². The summed E-state index contributed by atoms with van der Waals surface area (Å²) in [7, 11) is 0. The molecule has 0 fully saturated rings. The van der Waals surface area contributed by atoms with E-state index in [4.69, 9.17) is 11.6 Å². The molecule has 0 unspecified atom stereocenters. The second-order valence-corrected chi connectivity index (χ2v) is 5.74. The normalized spacial score (nSPS) is 10.3. The van der Waals surface area contributed by atoms with Gasteiger partial charge in [0.1, 0.15) is 5.69 Å². The maximum atomic E-state index is 14.0. The molecule has 0 bridgehead atoms. The first-order valence-corrected chi connectivity index (χ1v) is 8.10. The fraction of sp³-hybridized carbons (Fsp3) is 0.278. The lowest BCUT2D eigenvalue weighted by Gasteiger charge is -2.07. The minimum Gasteiger partial charge on any atom is -0.205 e. The van der Waals surface area contributed by atoms with E-state index in [1.165, 1.54) is 30.9 Å². The average molecular weight is 334 g/mol. The van der Waals surface area contributed by atoms with Crippen LogP contribution in [-0.4, -0.2) is 5.16 Å². The summed E-state index contributed by atoms with van der Waals surface area (Å²) in [6.07, 6.45) is 4.73. The number of hydrogen-bond acceptors (Lipinski definition) is 2. The zero-order chi connectivity index (χ0) is 15.9. The standard InChI is InChI=1S/C18H17ClFNS/c1-2-3-4-5-13-6-8-14(9-7-13)15-10-16(19)18(21-12-22)17(20)11-15/h6-11H,2-5H2,1H3. The van der Waals surface area contributed by atoms with Gasteiger partial charge in [-0.1, -0.05) is 55.6 Å². The van der Waals surface area contributed by atoms with Crippen LogP contribution in [0, 0.1) is 5.82 Å². The van der Waals surface area contributed by atoms with Gasteiger partial charge in [0.15, 0.2) is 5.82 Å². The smallest absolute Gasteiger partial charge is 0.151 e. The molecule has 0 saturated carbocycles. The first kappa shape index (κ1) is 16.8. The number of aliphatic imine (C=N–C) groups is 1. The number of unbranched alkanes of at least 4 members (excludes halogenated alkanes) is 2. The molecule has 0 amide bonds. The first-order valence-electron chi connectivity index (χ1n) is 7.32. The van der Waals surface area contributed by atoms with Gasteiger partial charge in [0, 0.05) is 0 Å². The Kier molecular flexibility index (Phi) is 6.26. The molecule has 0 atom stereocenters. The van der Waals surface area contributed by atoms with Crippen LogP contribution in [0.1, 0.15) is 31.7 Å². The molecule has 2 rings (SSSR count). The Morgan fingerprint density at radius 1 is 1.14 bits per heavy atom. The van der Waals surface area contributed by atoms with Crippen molar-refractivity contribution in [1.29, 1.82) is 0 Å². The van der Waals surface area contributed by atoms with Gasteiger partial charge >= 0.3 is 0 Å². The quantitative estimate of drug-likeness (QED) is 0.329. The molecule has 0 saturated heterocycles. The predicted octanol–water partition coefficient (Wildman–Crippen LogP) is 6.61. The SMILES string of the molecule is CCCCCc1ccc(-c2cc(F)c(N=C=S)c(Cl)c2)cc1. The van der Waals surface area contributed by atoms with E-state index in [1.807, 2.05) is 12.1 Å². The fourth-order valence-electron chi connectivity index (χ4n) is 2.33. The van der Waals surface area contributed by atoms with Crippen molar-refractivity contribution >= 4 is 34.7 Å². The maximum Gasteiger partial charge on any atom is 0.151 e. The van der Waals surface area contributed by atoms with Crippen molar-refractivity contribution in [3.8, 4) is 11.1 Å². The molecule has 4 heteroatoms. The number of isothiocyanates is 1. The molecule has 114 valence electrons. The zero-order valence-corrected chi connectivity index (χ0v) is 14.0. The highest BCUT2D eigenvalue weighted by atomic mass is 35.5. The molecule has 0 aliphatic rings. The van der Waals surface area contributed by atoms with Crippen LogP contribution < -0.4 is 0 Å². The van der Waals surface area contributed by atoms with Gasteiger partial charge in [0.2, 0.25) is 0 Å². The predicted molar refractivity (Wildman–Crippen MR) is 94.8 cm³/mol. The lowest BCUT2D eigenvalue weighted by atomic mass is 10.0. The third-order valence-electron chi connectivity index (χ3n) is 3.53. The van der Waals surface area contributed by atoms with E-state index in [9.17, 15) is 4.39 Å². The molecule has 0 aliphatic heterocycles. The van der Waals surface area contributed by atoms with Crippen molar-refractivity contribution in [2.24, 2.45) is 4.99 Å². The number of rotatable bonds is 6. The summed E-state index contributed by atoms with van der Waals surface area (Å²) in [4.78, 5) is 3.65. The van der Waals surface area contributed by atoms with E-state index in [1.54, 1.807) is 6.07 Å². The van der Waals surface area contributed by atoms with E-state index >= 15 is 0 Å². The van der Waals surface area contributed by atoms with Gasteiger partial charge < -0.3 is 0 Å². The minimum atomic E-state index is -0.494. The second-order valence-electron chi connectivity index (χ2n) is 5.15. The van der Waals surface area contributed by atoms with Crippen LogP contribution in [0.4, 0.5) is 10.1 Å². The van der Waals surface area contributed by atoms with E-state index in [0.29, 0.717) is 0 Å². The third-order valence-corrected chi connectivity index (χ3v) is 3.91. The minimum absolute atomic E-state index is 0.0385. The van der Waals surface area contributed by atoms with Crippen molar-refractivity contribution in [3.63, 3.8) is 0 Å². The summed E-state index contributed by atoms with van der Waals surface area (Å²) in [6, 6.07) is 11.3. The summed E-state index contributed by atoms with van der Waals surface area (Å²) < 4.78 is 14.0. The molecule has 1 nitrogen and oxygen atoms in total. The lowest BCUT2D eigenvalue weighted by Crippen LogP contribution is -1.87. The Morgan fingerprint density at radius 2 is 1.86 bits per heavy atom. The van der Waals surface area contributed by atoms with E-state index in [2.05, 4.69) is 41.4 Å². The van der Waals surface area contributed by atoms with Crippen LogP contribution in [0.25, 0.3) is 11.1 Å². The summed E-state index contributed by atoms with van der Waals surface area (Å²) in [5.41, 5.74) is 2.99. The van der Waals surface area contributed by atoms with Crippen LogP contribution >= 0.6 is 23.8 Å². The van der Waals surface area contributed by atoms with Crippen LogP contribution in [0.5, 0.6) is 0 Å². The monoisotopic (exact) mass is 333 g/mol. The molecule has 0 radical (unpaired) electrons. The van der Waals surface area contributed by atoms with Gasteiger partial charge in [-0.05, 0) is 53.9 Å². The number of halogens is 2. The highest BCUT2D eigenvalue weighted by Crippen LogP contribution is 2.33. The van der Waals surface area contributed by atoms with E-state index in [-0.39, 0.29) is 10.7 Å². The van der Waals surface area contributed by atoms with Crippen molar-refractivity contribution in [2.75, 3.05) is 0 Å². The molecular formula is C18H17ClFNS. The summed E-state index contributed by atoms with van der Waals surface area (Å²) in [5.74, 6) is -0.494. The highest BCUT2D eigenvalue weighted by molar-refractivity contribution is 7.78. The van der Waals surface area contributed by atoms with Gasteiger partial charge in [-0.25, -0.2) is 4.39 Å². The van der Waals surface area contributed by atoms with Crippen LogP contribution in [0.2, 0.25) is 5.02 Å². The van der Waals surface area contributed by atoms with Crippen LogP contribution in [0.15, 0.2) is 41.4 Å². The third kappa shape index (κ3) is 4.23. The molecular weight excluding hydrogens is 317 g/mol. The molecule has 0 spiro atoms. The molecule has 2 aromatic rings. The number of hydrogen-bond donors (Lipinski definition) is 0. The number of nitrogens with zero attached hydrogens (tertiary/aromatic N) is 1. The fourth-order valence-corrected chi connectivity index (χ4v) is 2.67. The average Bonchev–Trinajstić information content (AvgIpc) is 2.52. The Balaban J connectivity index is 2.23. The first-order chi connectivity index (χ1) is 10.7. The van der Waals surface area contributed by atoms with Gasteiger partial charge in [0.25, 0.3) is 0 Å². The summed E-state index contributed by atoms with van der Waals surface area (Å²) in [6.45, 7) is 2.19. The van der Waals surface area contributed by atoms with Gasteiger partial charge in [-0.2, -0.15) is 4.99 Å². The van der Waals surface area contributed by atoms with E-state index in [0.717, 1.165) is 17.5 Å². The Hall–Kier alpha value is -1.54. The molecule has 0 aromatic heterocycles. The Labute approximate surface area is 140 Å². The topological polar surface area (TPSA) is 12.4 Å². The maximum absolute atomic E-state index is 14.0. The molecule has 0 N–H and O–H groups in total. The molecule has 0 aliphatic carbocycles. The van der Waals surface area contributed by atoms with Crippen molar-refractivity contribution < 1.29 is 4.39 Å². The molecule has 2 aromatic carbocycles. The van der Waals surface area contributed by atoms with E-state index < -0.39 is 5.82 Å². The lowest BCUT2D eigenvalue weighted by molar-refractivity contribution is 0.630. The number of benzene rings is 2. The molecule has 0 heterocycles. The van der Waals surface area contributed by atoms with Gasteiger partial charge in [-0.15, -0.1) is 0 Å². The number of aryl methyl sites for hydroxylation is 1. The zero-order valence-electron chi connectivity index (χ0n) is 12.4. The van der Waals surface area contributed by atoms with Crippen molar-refractivity contribution in [2.45, 2.75) is 32.6 Å². The molecule has 22 heavy (non-hydrogen) atoms. The number of thiocarbonyl (C=S) groups is 1. The summed E-state index contributed by atoms with van der Waals surface area (Å²) in [5, 5.41) is 2.38. The Bertz CT molecular complexity index is 668. The Morgan fingerprint density at radius 3 is 2.45 bits per heavy atom. The van der Waals surface area contributed by atoms with Gasteiger partial charge in [0.05, 0.1) is 10.2 Å². The highest BCUT2D eigenvalue weighted by Gasteiger charge is 2.10. The second kappa shape index (κ2) is 8.19. The summed E-state index contributed by atoms with van der Waals surface area (Å²) >= 11 is 10.6. The van der Waals surface area contributed by atoms with Crippen LogP contribution in [-0.2, 0) is 6.42 Å².